The topological polar surface area (TPSA) is 65.5 Å². The van der Waals surface area contributed by atoms with Crippen LogP contribution in [0.2, 0.25) is 0 Å². The molecule has 3 atom stereocenters. The molecule has 1 saturated carbocycles. The molecule has 1 amide bonds. The zero-order valence-corrected chi connectivity index (χ0v) is 14.5. The van der Waals surface area contributed by atoms with Gasteiger partial charge in [-0.2, -0.15) is 4.98 Å². The van der Waals surface area contributed by atoms with Crippen LogP contribution in [-0.4, -0.2) is 22.0 Å². The summed E-state index contributed by atoms with van der Waals surface area (Å²) in [4.78, 5) is 18.6. The highest BCUT2D eigenvalue weighted by Crippen LogP contribution is 2.49. The van der Waals surface area contributed by atoms with Crippen molar-refractivity contribution in [1.29, 1.82) is 0 Å². The van der Waals surface area contributed by atoms with Crippen LogP contribution in [0, 0.1) is 11.8 Å². The van der Waals surface area contributed by atoms with E-state index in [0.29, 0.717) is 11.7 Å². The minimum atomic E-state index is 0.00542. The third-order valence-electron chi connectivity index (χ3n) is 5.38. The summed E-state index contributed by atoms with van der Waals surface area (Å²) >= 11 is 0. The zero-order valence-electron chi connectivity index (χ0n) is 14.5. The third-order valence-corrected chi connectivity index (χ3v) is 5.38. The molecule has 0 bridgehead atoms. The Balaban J connectivity index is 1.77. The van der Waals surface area contributed by atoms with Crippen molar-refractivity contribution in [1.82, 2.24) is 4.98 Å². The van der Waals surface area contributed by atoms with Gasteiger partial charge in [-0.05, 0) is 36.5 Å². The van der Waals surface area contributed by atoms with Crippen molar-refractivity contribution < 1.29 is 9.90 Å². The van der Waals surface area contributed by atoms with Crippen LogP contribution in [0.25, 0.3) is 0 Å². The molecule has 0 spiro atoms. The predicted octanol–water partition coefficient (Wildman–Crippen LogP) is 3.72. The van der Waals surface area contributed by atoms with Gasteiger partial charge >= 0.3 is 0 Å². The van der Waals surface area contributed by atoms with Crippen LogP contribution in [0.4, 0.5) is 11.5 Å². The monoisotopic (exact) mass is 337 g/mol. The minimum absolute atomic E-state index is 0.00542. The van der Waals surface area contributed by atoms with Crippen molar-refractivity contribution in [3.05, 3.63) is 48.0 Å². The average molecular weight is 337 g/mol. The van der Waals surface area contributed by atoms with Gasteiger partial charge in [-0.3, -0.25) is 4.79 Å². The van der Waals surface area contributed by atoms with E-state index in [0.717, 1.165) is 11.3 Å². The lowest BCUT2D eigenvalue weighted by atomic mass is 9.80. The van der Waals surface area contributed by atoms with Gasteiger partial charge in [-0.15, -0.1) is 0 Å². The van der Waals surface area contributed by atoms with Gasteiger partial charge < -0.3 is 15.3 Å². The van der Waals surface area contributed by atoms with Gasteiger partial charge in [0.25, 0.3) is 0 Å². The van der Waals surface area contributed by atoms with Gasteiger partial charge in [0.05, 0.1) is 6.04 Å². The number of fused-ring (bicyclic) bond motifs is 1. The maximum atomic E-state index is 12.4. The number of aromatic hydroxyl groups is 1. The second-order valence-corrected chi connectivity index (χ2v) is 7.14. The highest BCUT2D eigenvalue weighted by molar-refractivity contribution is 5.94. The largest absolute Gasteiger partial charge is 0.493 e. The lowest BCUT2D eigenvalue weighted by Gasteiger charge is -2.45. The molecule has 0 radical (unpaired) electrons. The first kappa shape index (κ1) is 15.9. The Kier molecular flexibility index (Phi) is 3.86. The highest BCUT2D eigenvalue weighted by Gasteiger charge is 2.47. The maximum Gasteiger partial charge on any atom is 0.224 e. The summed E-state index contributed by atoms with van der Waals surface area (Å²) < 4.78 is 0. The highest BCUT2D eigenvalue weighted by atomic mass is 16.3. The Morgan fingerprint density at radius 3 is 2.64 bits per heavy atom. The first-order valence-electron chi connectivity index (χ1n) is 8.87. The first-order valence-corrected chi connectivity index (χ1v) is 8.87. The smallest absolute Gasteiger partial charge is 0.224 e. The molecule has 1 fully saturated rings. The third kappa shape index (κ3) is 2.84. The van der Waals surface area contributed by atoms with Gasteiger partial charge in [0, 0.05) is 30.6 Å². The van der Waals surface area contributed by atoms with Crippen LogP contribution in [0.5, 0.6) is 5.88 Å². The fraction of sp³-hybridized carbons (Fsp3) is 0.400. The number of carbonyl (C=O) groups is 1. The molecule has 2 aliphatic rings. The summed E-state index contributed by atoms with van der Waals surface area (Å²) in [5.74, 6) is 1.57. The molecule has 130 valence electrons. The van der Waals surface area contributed by atoms with Crippen molar-refractivity contribution in [3.8, 4) is 5.88 Å². The molecular formula is C20H23N3O2. The quantitative estimate of drug-likeness (QED) is 0.896. The van der Waals surface area contributed by atoms with Crippen molar-refractivity contribution in [2.45, 2.75) is 38.8 Å². The van der Waals surface area contributed by atoms with Gasteiger partial charge in [0.1, 0.15) is 5.82 Å². The minimum Gasteiger partial charge on any atom is -0.493 e. The molecule has 2 heterocycles. The van der Waals surface area contributed by atoms with Crippen molar-refractivity contribution in [2.24, 2.45) is 11.8 Å². The molecule has 1 aromatic carbocycles. The van der Waals surface area contributed by atoms with Crippen LogP contribution in [-0.2, 0) is 4.79 Å². The van der Waals surface area contributed by atoms with E-state index in [2.05, 4.69) is 23.3 Å². The van der Waals surface area contributed by atoms with Crippen molar-refractivity contribution in [2.75, 3.05) is 10.2 Å². The van der Waals surface area contributed by atoms with Gasteiger partial charge in [0.15, 0.2) is 0 Å². The number of anilines is 2. The van der Waals surface area contributed by atoms with Crippen LogP contribution in [0.15, 0.2) is 42.5 Å². The van der Waals surface area contributed by atoms with E-state index in [1.165, 1.54) is 12.8 Å². The number of amides is 1. The Morgan fingerprint density at radius 2 is 1.96 bits per heavy atom. The van der Waals surface area contributed by atoms with Crippen LogP contribution >= 0.6 is 0 Å². The van der Waals surface area contributed by atoms with Crippen LogP contribution < -0.4 is 10.2 Å². The molecule has 0 saturated heterocycles. The molecule has 25 heavy (non-hydrogen) atoms. The summed E-state index contributed by atoms with van der Waals surface area (Å²) in [6.07, 6.45) is 2.36. The summed E-state index contributed by atoms with van der Waals surface area (Å²) in [6.45, 7) is 3.86. The molecule has 1 aliphatic carbocycles. The number of para-hydroxylation sites is 1. The zero-order chi connectivity index (χ0) is 17.6. The molecule has 1 aromatic heterocycles. The first-order chi connectivity index (χ1) is 12.1. The van der Waals surface area contributed by atoms with E-state index in [1.54, 1.807) is 19.1 Å². The molecule has 1 unspecified atom stereocenters. The molecule has 2 aromatic rings. The fourth-order valence-corrected chi connectivity index (χ4v) is 4.18. The number of pyridine rings is 1. The number of benzene rings is 1. The average Bonchev–Trinajstić information content (AvgIpc) is 3.41. The maximum absolute atomic E-state index is 12.4. The second kappa shape index (κ2) is 6.06. The molecule has 4 rings (SSSR count). The predicted molar refractivity (Wildman–Crippen MR) is 97.5 cm³/mol. The second-order valence-electron chi connectivity index (χ2n) is 7.14. The molecule has 2 N–H and O–H groups in total. The molecular weight excluding hydrogens is 314 g/mol. The summed E-state index contributed by atoms with van der Waals surface area (Å²) in [5, 5.41) is 13.2. The van der Waals surface area contributed by atoms with E-state index in [9.17, 15) is 9.90 Å². The van der Waals surface area contributed by atoms with Crippen molar-refractivity contribution >= 4 is 17.4 Å². The summed E-state index contributed by atoms with van der Waals surface area (Å²) in [6, 6.07) is 13.5. The Bertz CT molecular complexity index is 803. The number of nitrogens with one attached hydrogen (secondary N) is 1. The van der Waals surface area contributed by atoms with Gasteiger partial charge in [-0.1, -0.05) is 31.2 Å². The van der Waals surface area contributed by atoms with Gasteiger partial charge in [0.2, 0.25) is 11.8 Å². The van der Waals surface area contributed by atoms with Crippen LogP contribution in [0.1, 0.15) is 38.3 Å². The van der Waals surface area contributed by atoms with Crippen molar-refractivity contribution in [3.63, 3.8) is 0 Å². The number of hydrogen-bond donors (Lipinski definition) is 2. The summed E-state index contributed by atoms with van der Waals surface area (Å²) in [5.41, 5.74) is 2.09. The molecule has 1 aliphatic heterocycles. The van der Waals surface area contributed by atoms with E-state index >= 15 is 0 Å². The van der Waals surface area contributed by atoms with Crippen LogP contribution in [0.3, 0.4) is 0 Å². The van der Waals surface area contributed by atoms with E-state index in [-0.39, 0.29) is 29.8 Å². The SMILES string of the molecule is CC(=O)N1c2ccccc2C(Nc2cccc(O)n2)[C@@H](C)[C@@H]1C1CC1. The number of rotatable bonds is 3. The number of hydrogen-bond acceptors (Lipinski definition) is 4. The molecule has 5 nitrogen and oxygen atoms in total. The van der Waals surface area contributed by atoms with E-state index < -0.39 is 0 Å². The normalized spacial score (nSPS) is 25.4. The number of nitrogens with zero attached hydrogens (tertiary/aromatic N) is 2. The lowest BCUT2D eigenvalue weighted by molar-refractivity contribution is -0.117. The summed E-state index contributed by atoms with van der Waals surface area (Å²) in [7, 11) is 0. The number of aromatic nitrogens is 1. The fourth-order valence-electron chi connectivity index (χ4n) is 4.18. The van der Waals surface area contributed by atoms with Gasteiger partial charge in [-0.25, -0.2) is 0 Å². The Hall–Kier alpha value is -2.56. The lowest BCUT2D eigenvalue weighted by Crippen LogP contribution is -2.51. The Labute approximate surface area is 147 Å². The van der Waals surface area contributed by atoms with E-state index in [1.807, 2.05) is 29.2 Å². The van der Waals surface area contributed by atoms with E-state index in [4.69, 9.17) is 0 Å². The standard InChI is InChI=1S/C20H23N3O2/c1-12-19(22-17-8-5-9-18(25)21-17)15-6-3-4-7-16(15)23(13(2)24)20(12)14-10-11-14/h3-9,12,14,19-20H,10-11H2,1-2H3,(H2,21,22,25)/t12-,19?,20-/m1/s1. The Morgan fingerprint density at radius 1 is 1.20 bits per heavy atom. The molecule has 5 heteroatoms. The number of carbonyl (C=O) groups excluding carboxylic acids is 1.